The molecular formula is C25H29N7O4S. The van der Waals surface area contributed by atoms with E-state index in [1.54, 1.807) is 35.0 Å². The lowest BCUT2D eigenvalue weighted by Crippen LogP contribution is -2.51. The third-order valence-corrected chi connectivity index (χ3v) is 10.7. The van der Waals surface area contributed by atoms with Crippen molar-refractivity contribution in [2.75, 3.05) is 19.7 Å². The van der Waals surface area contributed by atoms with E-state index in [0.29, 0.717) is 55.0 Å². The fraction of sp³-hybridized carbons (Fsp3) is 0.480. The molecule has 1 amide bonds. The molecular weight excluding hydrogens is 494 g/mol. The zero-order chi connectivity index (χ0) is 26.6. The average molecular weight is 524 g/mol. The number of carbonyl (C=O) groups is 1. The molecule has 1 N–H and O–H groups in total. The molecule has 3 aromatic rings. The van der Waals surface area contributed by atoms with Crippen LogP contribution < -0.4 is 0 Å². The number of benzene rings is 1. The maximum atomic E-state index is 13.5. The van der Waals surface area contributed by atoms with Crippen LogP contribution in [0, 0.1) is 11.3 Å². The van der Waals surface area contributed by atoms with Gasteiger partial charge in [-0.2, -0.15) is 10.4 Å². The molecule has 0 atom stereocenters. The molecule has 12 heteroatoms. The predicted octanol–water partition coefficient (Wildman–Crippen LogP) is 1.32. The van der Waals surface area contributed by atoms with Crippen molar-refractivity contribution < 1.29 is 18.3 Å². The minimum absolute atomic E-state index is 0.109. The number of aromatic nitrogens is 5. The average Bonchev–Trinajstić information content (AvgIpc) is 3.40. The summed E-state index contributed by atoms with van der Waals surface area (Å²) in [6.45, 7) is 3.55. The first-order valence-electron chi connectivity index (χ1n) is 12.1. The van der Waals surface area contributed by atoms with Gasteiger partial charge >= 0.3 is 0 Å². The first kappa shape index (κ1) is 25.1. The topological polar surface area (TPSA) is 147 Å². The van der Waals surface area contributed by atoms with Crippen LogP contribution >= 0.6 is 0 Å². The van der Waals surface area contributed by atoms with Crippen molar-refractivity contribution in [1.82, 2.24) is 29.7 Å². The Labute approximate surface area is 215 Å². The van der Waals surface area contributed by atoms with E-state index in [1.807, 2.05) is 12.1 Å². The number of sulfone groups is 1. The van der Waals surface area contributed by atoms with E-state index in [4.69, 9.17) is 5.26 Å². The van der Waals surface area contributed by atoms with Crippen LogP contribution in [0.3, 0.4) is 0 Å². The second-order valence-electron chi connectivity index (χ2n) is 10.5. The Morgan fingerprint density at radius 3 is 2.54 bits per heavy atom. The zero-order valence-corrected chi connectivity index (χ0v) is 21.9. The summed E-state index contributed by atoms with van der Waals surface area (Å²) in [6.07, 6.45) is 3.26. The van der Waals surface area contributed by atoms with Crippen molar-refractivity contribution in [2.45, 2.75) is 49.1 Å². The Balaban J connectivity index is 1.36. The van der Waals surface area contributed by atoms with Gasteiger partial charge < -0.3 is 10.0 Å². The van der Waals surface area contributed by atoms with Crippen molar-refractivity contribution >= 4 is 15.7 Å². The van der Waals surface area contributed by atoms with Gasteiger partial charge in [0.15, 0.2) is 9.84 Å². The lowest BCUT2D eigenvalue weighted by molar-refractivity contribution is 0.0724. The normalized spacial score (nSPS) is 16.9. The van der Waals surface area contributed by atoms with Gasteiger partial charge in [0.05, 0.1) is 40.5 Å². The number of aryl methyl sites for hydroxylation is 1. The van der Waals surface area contributed by atoms with Gasteiger partial charge in [-0.05, 0) is 50.8 Å². The summed E-state index contributed by atoms with van der Waals surface area (Å²) in [5, 5.41) is 31.7. The Bertz CT molecular complexity index is 1510. The van der Waals surface area contributed by atoms with E-state index in [0.717, 1.165) is 11.1 Å². The van der Waals surface area contributed by atoms with Crippen molar-refractivity contribution in [3.8, 4) is 17.5 Å². The molecule has 0 saturated heterocycles. The maximum Gasteiger partial charge on any atom is 0.272 e. The van der Waals surface area contributed by atoms with Crippen molar-refractivity contribution in [1.29, 1.82) is 5.26 Å². The molecule has 1 fully saturated rings. The van der Waals surface area contributed by atoms with E-state index >= 15 is 0 Å². The summed E-state index contributed by atoms with van der Waals surface area (Å²) in [5.74, 6) is -0.254. The molecule has 1 saturated carbocycles. The lowest BCUT2D eigenvalue weighted by atomic mass is 10.0. The molecule has 0 radical (unpaired) electrons. The second-order valence-corrected chi connectivity index (χ2v) is 13.5. The highest BCUT2D eigenvalue weighted by atomic mass is 32.2. The van der Waals surface area contributed by atoms with Crippen LogP contribution in [0.15, 0.2) is 30.5 Å². The number of carbonyl (C=O) groups excluding carboxylic acids is 1. The maximum absolute atomic E-state index is 13.5. The van der Waals surface area contributed by atoms with Crippen LogP contribution in [0.25, 0.3) is 11.4 Å². The van der Waals surface area contributed by atoms with Crippen LogP contribution in [0.2, 0.25) is 0 Å². The molecule has 5 rings (SSSR count). The van der Waals surface area contributed by atoms with E-state index in [-0.39, 0.29) is 12.5 Å². The van der Waals surface area contributed by atoms with Gasteiger partial charge in [0, 0.05) is 25.7 Å². The van der Waals surface area contributed by atoms with Crippen molar-refractivity contribution in [2.24, 2.45) is 7.05 Å². The van der Waals surface area contributed by atoms with Gasteiger partial charge in [0.2, 0.25) is 0 Å². The molecule has 2 aliphatic rings. The number of rotatable bonds is 8. The number of amides is 1. The number of nitriles is 1. The monoisotopic (exact) mass is 523 g/mol. The number of nitrogens with zero attached hydrogens (tertiary/aromatic N) is 7. The highest BCUT2D eigenvalue weighted by Crippen LogP contribution is 2.49. The molecule has 3 heterocycles. The van der Waals surface area contributed by atoms with Crippen LogP contribution in [-0.2, 0) is 29.9 Å². The number of aliphatic hydroxyl groups is 1. The van der Waals surface area contributed by atoms with Gasteiger partial charge in [-0.25, -0.2) is 13.1 Å². The smallest absolute Gasteiger partial charge is 0.272 e. The third kappa shape index (κ3) is 4.12. The quantitative estimate of drug-likeness (QED) is 0.465. The molecule has 194 valence electrons. The number of hydrogen-bond acceptors (Lipinski definition) is 8. The third-order valence-electron chi connectivity index (χ3n) is 7.44. The van der Waals surface area contributed by atoms with Gasteiger partial charge in [0.25, 0.3) is 5.91 Å². The Kier molecular flexibility index (Phi) is 5.96. The second kappa shape index (κ2) is 8.78. The standard InChI is InChI=1S/C25H29N7O4S/c1-24(2,16-33)37(35,36)25(9-10-25)15-31-11-8-19-21(28-30(3)22(19)23(31)34)20-14-32(29-27-20)13-18-6-4-17(12-26)5-7-18/h4-7,14,33H,8-11,13,15-16H2,1-3H3. The fourth-order valence-corrected chi connectivity index (χ4v) is 7.26. The minimum atomic E-state index is -3.66. The minimum Gasteiger partial charge on any atom is -0.395 e. The SMILES string of the molecule is Cn1nc(-c2cn(Cc3ccc(C#N)cc3)nn2)c2c1C(=O)N(CC1(S(=O)(=O)C(C)(C)CO)CC1)CC2. The Morgan fingerprint density at radius 2 is 1.92 bits per heavy atom. The Morgan fingerprint density at radius 1 is 1.22 bits per heavy atom. The van der Waals surface area contributed by atoms with E-state index in [2.05, 4.69) is 21.5 Å². The summed E-state index contributed by atoms with van der Waals surface area (Å²) in [4.78, 5) is 15.1. The van der Waals surface area contributed by atoms with Crippen molar-refractivity contribution in [3.05, 3.63) is 52.8 Å². The summed E-state index contributed by atoms with van der Waals surface area (Å²) in [6, 6.07) is 9.33. The number of hydrogen-bond donors (Lipinski definition) is 1. The first-order chi connectivity index (χ1) is 17.5. The zero-order valence-electron chi connectivity index (χ0n) is 21.0. The fourth-order valence-electron chi connectivity index (χ4n) is 4.95. The molecule has 1 aliphatic heterocycles. The van der Waals surface area contributed by atoms with E-state index < -0.39 is 25.9 Å². The lowest BCUT2D eigenvalue weighted by Gasteiger charge is -2.34. The van der Waals surface area contributed by atoms with Crippen LogP contribution in [0.5, 0.6) is 0 Å². The Hall–Kier alpha value is -3.56. The summed E-state index contributed by atoms with van der Waals surface area (Å²) < 4.78 is 27.5. The molecule has 1 aliphatic carbocycles. The summed E-state index contributed by atoms with van der Waals surface area (Å²) in [7, 11) is -1.96. The summed E-state index contributed by atoms with van der Waals surface area (Å²) in [5.41, 5.74) is 3.90. The van der Waals surface area contributed by atoms with Gasteiger partial charge in [0.1, 0.15) is 17.1 Å². The van der Waals surface area contributed by atoms with Crippen LogP contribution in [0.1, 0.15) is 53.9 Å². The van der Waals surface area contributed by atoms with Gasteiger partial charge in [-0.3, -0.25) is 9.48 Å². The van der Waals surface area contributed by atoms with Gasteiger partial charge in [-0.15, -0.1) is 5.10 Å². The highest BCUT2D eigenvalue weighted by Gasteiger charge is 2.60. The predicted molar refractivity (Wildman–Crippen MR) is 134 cm³/mol. The molecule has 11 nitrogen and oxygen atoms in total. The number of aliphatic hydroxyl groups excluding tert-OH is 1. The molecule has 2 aromatic heterocycles. The molecule has 0 bridgehead atoms. The largest absolute Gasteiger partial charge is 0.395 e. The van der Waals surface area contributed by atoms with Crippen molar-refractivity contribution in [3.63, 3.8) is 0 Å². The first-order valence-corrected chi connectivity index (χ1v) is 13.6. The summed E-state index contributed by atoms with van der Waals surface area (Å²) >= 11 is 0. The van der Waals surface area contributed by atoms with E-state index in [1.165, 1.54) is 18.5 Å². The van der Waals surface area contributed by atoms with Crippen LogP contribution in [-0.4, -0.2) is 78.3 Å². The number of fused-ring (bicyclic) bond motifs is 1. The molecule has 0 spiro atoms. The van der Waals surface area contributed by atoms with E-state index in [9.17, 15) is 18.3 Å². The highest BCUT2D eigenvalue weighted by molar-refractivity contribution is 7.94. The molecule has 37 heavy (non-hydrogen) atoms. The van der Waals surface area contributed by atoms with Gasteiger partial charge in [-0.1, -0.05) is 17.3 Å². The van der Waals surface area contributed by atoms with Crippen LogP contribution in [0.4, 0.5) is 0 Å². The molecule has 1 aromatic carbocycles. The molecule has 0 unspecified atom stereocenters.